The number of piperazine rings is 1. The van der Waals surface area contributed by atoms with Crippen LogP contribution in [0.1, 0.15) is 36.5 Å². The minimum absolute atomic E-state index is 0.0478. The molecule has 1 amide bonds. The standard InChI is InChI=1S/C19H30N4O3S/c1-2-22-11-13-23(14-12-22)10-4-9-20-19(24)16-5-3-6-18(15-16)27(25,26)21-17-7-8-17/h3,5-6,15,17,21H,2,4,7-14H2,1H3,(H,20,24). The third-order valence-corrected chi connectivity index (χ3v) is 6.67. The summed E-state index contributed by atoms with van der Waals surface area (Å²) in [4.78, 5) is 17.4. The topological polar surface area (TPSA) is 81.8 Å². The molecule has 1 saturated carbocycles. The molecular formula is C19H30N4O3S. The van der Waals surface area contributed by atoms with E-state index in [0.29, 0.717) is 12.1 Å². The largest absolute Gasteiger partial charge is 0.352 e. The van der Waals surface area contributed by atoms with Gasteiger partial charge in [-0.1, -0.05) is 13.0 Å². The molecule has 2 fully saturated rings. The Morgan fingerprint density at radius 1 is 1.15 bits per heavy atom. The van der Waals surface area contributed by atoms with Crippen LogP contribution in [0.4, 0.5) is 0 Å². The van der Waals surface area contributed by atoms with E-state index in [0.717, 1.165) is 58.5 Å². The Balaban J connectivity index is 1.43. The number of benzene rings is 1. The van der Waals surface area contributed by atoms with Gasteiger partial charge in [0.1, 0.15) is 0 Å². The van der Waals surface area contributed by atoms with E-state index in [1.807, 2.05) is 0 Å². The average Bonchev–Trinajstić information content (AvgIpc) is 3.49. The van der Waals surface area contributed by atoms with Crippen LogP contribution >= 0.6 is 0 Å². The summed E-state index contributed by atoms with van der Waals surface area (Å²) in [6.45, 7) is 9.23. The molecule has 0 unspecified atom stereocenters. The Morgan fingerprint density at radius 2 is 1.85 bits per heavy atom. The molecule has 150 valence electrons. The Kier molecular flexibility index (Phi) is 6.86. The number of carbonyl (C=O) groups excluding carboxylic acids is 1. The Hall–Kier alpha value is -1.48. The summed E-state index contributed by atoms with van der Waals surface area (Å²) in [5.74, 6) is -0.228. The summed E-state index contributed by atoms with van der Waals surface area (Å²) in [5, 5.41) is 2.90. The van der Waals surface area contributed by atoms with Crippen LogP contribution in [0.2, 0.25) is 0 Å². The molecule has 2 N–H and O–H groups in total. The smallest absolute Gasteiger partial charge is 0.251 e. The number of likely N-dealkylation sites (N-methyl/N-ethyl adjacent to an activating group) is 1. The molecule has 1 heterocycles. The van der Waals surface area contributed by atoms with Crippen molar-refractivity contribution in [3.63, 3.8) is 0 Å². The van der Waals surface area contributed by atoms with Crippen LogP contribution in [0.25, 0.3) is 0 Å². The number of hydrogen-bond donors (Lipinski definition) is 2. The maximum absolute atomic E-state index is 12.3. The average molecular weight is 395 g/mol. The molecule has 2 aliphatic rings. The van der Waals surface area contributed by atoms with Gasteiger partial charge >= 0.3 is 0 Å². The first-order valence-electron chi connectivity index (χ1n) is 9.83. The van der Waals surface area contributed by atoms with Gasteiger partial charge in [0.2, 0.25) is 10.0 Å². The highest BCUT2D eigenvalue weighted by Gasteiger charge is 2.28. The highest BCUT2D eigenvalue weighted by atomic mass is 32.2. The van der Waals surface area contributed by atoms with Gasteiger partial charge in [-0.25, -0.2) is 13.1 Å². The SMILES string of the molecule is CCN1CCN(CCCNC(=O)c2cccc(S(=O)(=O)NC3CC3)c2)CC1. The van der Waals surface area contributed by atoms with Crippen LogP contribution in [-0.4, -0.2) is 76.0 Å². The lowest BCUT2D eigenvalue weighted by atomic mass is 10.2. The lowest BCUT2D eigenvalue weighted by molar-refractivity contribution is 0.0948. The highest BCUT2D eigenvalue weighted by Crippen LogP contribution is 2.22. The van der Waals surface area contributed by atoms with Crippen molar-refractivity contribution in [2.24, 2.45) is 0 Å². The normalized spacial score (nSPS) is 19.1. The number of nitrogens with one attached hydrogen (secondary N) is 2. The molecular weight excluding hydrogens is 364 g/mol. The van der Waals surface area contributed by atoms with Crippen molar-refractivity contribution in [2.75, 3.05) is 45.8 Å². The first-order chi connectivity index (χ1) is 13.0. The molecule has 27 heavy (non-hydrogen) atoms. The number of nitrogens with zero attached hydrogens (tertiary/aromatic N) is 2. The summed E-state index contributed by atoms with van der Waals surface area (Å²) in [6.07, 6.45) is 2.65. The van der Waals surface area contributed by atoms with Crippen LogP contribution in [0.3, 0.4) is 0 Å². The van der Waals surface area contributed by atoms with E-state index in [4.69, 9.17) is 0 Å². The summed E-state index contributed by atoms with van der Waals surface area (Å²) >= 11 is 0. The van der Waals surface area contributed by atoms with Gasteiger partial charge < -0.3 is 15.1 Å². The van der Waals surface area contributed by atoms with E-state index in [2.05, 4.69) is 26.8 Å². The molecule has 1 aliphatic heterocycles. The Bertz CT molecular complexity index is 741. The van der Waals surface area contributed by atoms with Gasteiger partial charge in [0.05, 0.1) is 4.90 Å². The van der Waals surface area contributed by atoms with Crippen molar-refractivity contribution in [3.05, 3.63) is 29.8 Å². The van der Waals surface area contributed by atoms with Crippen molar-refractivity contribution in [1.82, 2.24) is 19.8 Å². The molecule has 1 aromatic rings. The molecule has 0 aromatic heterocycles. The second-order valence-electron chi connectivity index (χ2n) is 7.31. The molecule has 1 aliphatic carbocycles. The van der Waals surface area contributed by atoms with Crippen molar-refractivity contribution < 1.29 is 13.2 Å². The fraction of sp³-hybridized carbons (Fsp3) is 0.632. The molecule has 0 radical (unpaired) electrons. The zero-order valence-electron chi connectivity index (χ0n) is 16.0. The second kappa shape index (κ2) is 9.14. The number of hydrogen-bond acceptors (Lipinski definition) is 5. The van der Waals surface area contributed by atoms with Crippen molar-refractivity contribution >= 4 is 15.9 Å². The van der Waals surface area contributed by atoms with Crippen molar-refractivity contribution in [3.8, 4) is 0 Å². The number of carbonyl (C=O) groups is 1. The van der Waals surface area contributed by atoms with Gasteiger partial charge in [-0.2, -0.15) is 0 Å². The molecule has 0 spiro atoms. The van der Waals surface area contributed by atoms with Crippen LogP contribution in [0.15, 0.2) is 29.2 Å². The summed E-state index contributed by atoms with van der Waals surface area (Å²) in [5.41, 5.74) is 0.380. The number of sulfonamides is 1. The molecule has 0 bridgehead atoms. The predicted molar refractivity (Wildman–Crippen MR) is 105 cm³/mol. The lowest BCUT2D eigenvalue weighted by Crippen LogP contribution is -2.46. The second-order valence-corrected chi connectivity index (χ2v) is 9.02. The Labute approximate surface area is 162 Å². The van der Waals surface area contributed by atoms with E-state index in [-0.39, 0.29) is 16.8 Å². The van der Waals surface area contributed by atoms with E-state index in [1.54, 1.807) is 12.1 Å². The third-order valence-electron chi connectivity index (χ3n) is 5.15. The maximum Gasteiger partial charge on any atom is 0.251 e. The van der Waals surface area contributed by atoms with E-state index < -0.39 is 10.0 Å². The van der Waals surface area contributed by atoms with Gasteiger partial charge in [-0.3, -0.25) is 4.79 Å². The fourth-order valence-corrected chi connectivity index (χ4v) is 4.58. The summed E-state index contributed by atoms with van der Waals surface area (Å²) < 4.78 is 27.2. The quantitative estimate of drug-likeness (QED) is 0.608. The summed E-state index contributed by atoms with van der Waals surface area (Å²) in [6, 6.07) is 6.28. The molecule has 1 saturated heterocycles. The van der Waals surface area contributed by atoms with E-state index in [1.165, 1.54) is 12.1 Å². The minimum Gasteiger partial charge on any atom is -0.352 e. The zero-order chi connectivity index (χ0) is 19.3. The van der Waals surface area contributed by atoms with Gasteiger partial charge in [0, 0.05) is 44.3 Å². The van der Waals surface area contributed by atoms with Gasteiger partial charge in [0.25, 0.3) is 5.91 Å². The van der Waals surface area contributed by atoms with Crippen LogP contribution in [0, 0.1) is 0 Å². The molecule has 3 rings (SSSR count). The van der Waals surface area contributed by atoms with Gasteiger partial charge in [-0.15, -0.1) is 0 Å². The van der Waals surface area contributed by atoms with Gasteiger partial charge in [-0.05, 0) is 50.6 Å². The summed E-state index contributed by atoms with van der Waals surface area (Å²) in [7, 11) is -3.54. The fourth-order valence-electron chi connectivity index (χ4n) is 3.23. The molecule has 0 atom stereocenters. The Morgan fingerprint density at radius 3 is 2.52 bits per heavy atom. The predicted octanol–water partition coefficient (Wildman–Crippen LogP) is 0.885. The lowest BCUT2D eigenvalue weighted by Gasteiger charge is -2.33. The number of amides is 1. The molecule has 8 heteroatoms. The maximum atomic E-state index is 12.3. The van der Waals surface area contributed by atoms with E-state index >= 15 is 0 Å². The van der Waals surface area contributed by atoms with Crippen LogP contribution < -0.4 is 10.0 Å². The van der Waals surface area contributed by atoms with Crippen LogP contribution in [-0.2, 0) is 10.0 Å². The molecule has 1 aromatic carbocycles. The van der Waals surface area contributed by atoms with Gasteiger partial charge in [0.15, 0.2) is 0 Å². The van der Waals surface area contributed by atoms with E-state index in [9.17, 15) is 13.2 Å². The monoisotopic (exact) mass is 394 g/mol. The van der Waals surface area contributed by atoms with Crippen molar-refractivity contribution in [2.45, 2.75) is 37.1 Å². The third kappa shape index (κ3) is 6.00. The number of rotatable bonds is 9. The highest BCUT2D eigenvalue weighted by molar-refractivity contribution is 7.89. The zero-order valence-corrected chi connectivity index (χ0v) is 16.8. The van der Waals surface area contributed by atoms with Crippen molar-refractivity contribution in [1.29, 1.82) is 0 Å². The minimum atomic E-state index is -3.54. The first-order valence-corrected chi connectivity index (χ1v) is 11.3. The van der Waals surface area contributed by atoms with Crippen LogP contribution in [0.5, 0.6) is 0 Å². The first kappa shape index (κ1) is 20.3. The molecule has 7 nitrogen and oxygen atoms in total.